The van der Waals surface area contributed by atoms with E-state index in [9.17, 15) is 5.11 Å². The van der Waals surface area contributed by atoms with Crippen LogP contribution in [0, 0.1) is 0 Å². The van der Waals surface area contributed by atoms with Crippen molar-refractivity contribution >= 4 is 5.71 Å². The molecule has 0 aromatic heterocycles. The fourth-order valence-corrected chi connectivity index (χ4v) is 2.37. The van der Waals surface area contributed by atoms with Crippen molar-refractivity contribution in [2.24, 2.45) is 4.99 Å². The van der Waals surface area contributed by atoms with Gasteiger partial charge in [0.05, 0.1) is 12.3 Å². The molecule has 22 heavy (non-hydrogen) atoms. The van der Waals surface area contributed by atoms with E-state index in [4.69, 9.17) is 4.99 Å². The summed E-state index contributed by atoms with van der Waals surface area (Å²) in [6.45, 7) is 0.535. The van der Waals surface area contributed by atoms with E-state index < -0.39 is 0 Å². The maximum absolute atomic E-state index is 9.56. The molecule has 3 rings (SSSR count). The summed E-state index contributed by atoms with van der Waals surface area (Å²) in [6, 6.07) is 27.5. The van der Waals surface area contributed by atoms with E-state index >= 15 is 0 Å². The third-order valence-electron chi connectivity index (χ3n) is 3.42. The van der Waals surface area contributed by atoms with Gasteiger partial charge in [0.15, 0.2) is 0 Å². The van der Waals surface area contributed by atoms with Crippen molar-refractivity contribution in [3.8, 4) is 5.75 Å². The van der Waals surface area contributed by atoms with Crippen LogP contribution < -0.4 is 0 Å². The Labute approximate surface area is 130 Å². The summed E-state index contributed by atoms with van der Waals surface area (Å²) in [5.74, 6) is 0.272. The highest BCUT2D eigenvalue weighted by molar-refractivity contribution is 6.12. The first-order chi connectivity index (χ1) is 10.8. The average Bonchev–Trinajstić information content (AvgIpc) is 2.57. The largest absolute Gasteiger partial charge is 0.508 e. The lowest BCUT2D eigenvalue weighted by molar-refractivity contribution is 0.474. The van der Waals surface area contributed by atoms with E-state index in [2.05, 4.69) is 24.3 Å². The lowest BCUT2D eigenvalue weighted by Crippen LogP contribution is -2.03. The predicted octanol–water partition coefficient (Wildman–Crippen LogP) is 4.43. The van der Waals surface area contributed by atoms with Gasteiger partial charge in [-0.15, -0.1) is 0 Å². The van der Waals surface area contributed by atoms with Crippen LogP contribution in [0.3, 0.4) is 0 Å². The zero-order valence-electron chi connectivity index (χ0n) is 12.2. The molecule has 0 atom stereocenters. The van der Waals surface area contributed by atoms with Crippen LogP contribution in [-0.2, 0) is 6.54 Å². The fraction of sp³-hybridized carbons (Fsp3) is 0.0500. The molecule has 0 aliphatic rings. The minimum atomic E-state index is 0.272. The van der Waals surface area contributed by atoms with Crippen molar-refractivity contribution in [2.45, 2.75) is 6.54 Å². The molecule has 108 valence electrons. The first kappa shape index (κ1) is 14.1. The Balaban J connectivity index is 1.97. The second-order valence-corrected chi connectivity index (χ2v) is 5.07. The number of nitrogens with zero attached hydrogens (tertiary/aromatic N) is 1. The van der Waals surface area contributed by atoms with Gasteiger partial charge in [-0.2, -0.15) is 0 Å². The fourth-order valence-electron chi connectivity index (χ4n) is 2.37. The van der Waals surface area contributed by atoms with Crippen LogP contribution in [0.15, 0.2) is 89.9 Å². The second-order valence-electron chi connectivity index (χ2n) is 5.07. The minimum absolute atomic E-state index is 0.272. The number of aliphatic imine (C=N–C) groups is 1. The Morgan fingerprint density at radius 2 is 1.32 bits per heavy atom. The Morgan fingerprint density at radius 1 is 0.727 bits per heavy atom. The topological polar surface area (TPSA) is 32.6 Å². The Morgan fingerprint density at radius 3 is 1.86 bits per heavy atom. The highest BCUT2D eigenvalue weighted by Gasteiger charge is 2.06. The summed E-state index contributed by atoms with van der Waals surface area (Å²) in [7, 11) is 0. The molecule has 0 saturated carbocycles. The summed E-state index contributed by atoms with van der Waals surface area (Å²) in [6.07, 6.45) is 0. The van der Waals surface area contributed by atoms with Crippen molar-refractivity contribution < 1.29 is 5.11 Å². The molecule has 2 heteroatoms. The van der Waals surface area contributed by atoms with Crippen molar-refractivity contribution in [1.82, 2.24) is 0 Å². The standard InChI is InChI=1S/C20H17NO/c22-19-13-7-8-16(14-19)15-21-20(17-9-3-1-4-10-17)18-11-5-2-6-12-18/h1-14,22H,15H2. The maximum Gasteiger partial charge on any atom is 0.115 e. The number of benzene rings is 3. The van der Waals surface area contributed by atoms with Gasteiger partial charge >= 0.3 is 0 Å². The number of phenolic OH excluding ortho intramolecular Hbond substituents is 1. The van der Waals surface area contributed by atoms with Crippen LogP contribution in [0.2, 0.25) is 0 Å². The Bertz CT molecular complexity index is 722. The van der Waals surface area contributed by atoms with Crippen LogP contribution in [0.5, 0.6) is 5.75 Å². The van der Waals surface area contributed by atoms with Gasteiger partial charge in [-0.25, -0.2) is 0 Å². The van der Waals surface area contributed by atoms with E-state index in [0.29, 0.717) is 6.54 Å². The second kappa shape index (κ2) is 6.72. The highest BCUT2D eigenvalue weighted by Crippen LogP contribution is 2.15. The molecule has 0 unspecified atom stereocenters. The highest BCUT2D eigenvalue weighted by atomic mass is 16.3. The van der Waals surface area contributed by atoms with Gasteiger partial charge in [0, 0.05) is 11.1 Å². The third kappa shape index (κ3) is 3.41. The van der Waals surface area contributed by atoms with Crippen molar-refractivity contribution in [1.29, 1.82) is 0 Å². The summed E-state index contributed by atoms with van der Waals surface area (Å²) >= 11 is 0. The van der Waals surface area contributed by atoms with E-state index in [1.807, 2.05) is 48.5 Å². The van der Waals surface area contributed by atoms with E-state index in [1.165, 1.54) is 0 Å². The monoisotopic (exact) mass is 287 g/mol. The molecule has 0 amide bonds. The summed E-state index contributed by atoms with van der Waals surface area (Å²) < 4.78 is 0. The molecule has 0 bridgehead atoms. The summed E-state index contributed by atoms with van der Waals surface area (Å²) in [5.41, 5.74) is 4.14. The lowest BCUT2D eigenvalue weighted by atomic mass is 10.0. The Kier molecular flexibility index (Phi) is 4.30. The molecular weight excluding hydrogens is 270 g/mol. The number of hydrogen-bond donors (Lipinski definition) is 1. The maximum atomic E-state index is 9.56. The zero-order chi connectivity index (χ0) is 15.2. The minimum Gasteiger partial charge on any atom is -0.508 e. The molecular formula is C20H17NO. The molecule has 2 nitrogen and oxygen atoms in total. The number of rotatable bonds is 4. The van der Waals surface area contributed by atoms with E-state index in [-0.39, 0.29) is 5.75 Å². The van der Waals surface area contributed by atoms with Crippen molar-refractivity contribution in [3.05, 3.63) is 102 Å². The van der Waals surface area contributed by atoms with Gasteiger partial charge < -0.3 is 5.11 Å². The van der Waals surface area contributed by atoms with Gasteiger partial charge in [-0.3, -0.25) is 4.99 Å². The van der Waals surface area contributed by atoms with Crippen LogP contribution in [-0.4, -0.2) is 10.8 Å². The summed E-state index contributed by atoms with van der Waals surface area (Å²) in [4.78, 5) is 4.78. The first-order valence-electron chi connectivity index (χ1n) is 7.26. The predicted molar refractivity (Wildman–Crippen MR) is 90.3 cm³/mol. The molecule has 3 aromatic rings. The van der Waals surface area contributed by atoms with Crippen molar-refractivity contribution in [2.75, 3.05) is 0 Å². The SMILES string of the molecule is Oc1cccc(CN=C(c2ccccc2)c2ccccc2)c1. The number of phenols is 1. The molecule has 0 aliphatic carbocycles. The molecule has 1 N–H and O–H groups in total. The lowest BCUT2D eigenvalue weighted by Gasteiger charge is -2.08. The average molecular weight is 287 g/mol. The van der Waals surface area contributed by atoms with Gasteiger partial charge in [0.2, 0.25) is 0 Å². The third-order valence-corrected chi connectivity index (χ3v) is 3.42. The molecule has 3 aromatic carbocycles. The molecule has 0 saturated heterocycles. The van der Waals surface area contributed by atoms with Gasteiger partial charge in [-0.05, 0) is 17.7 Å². The van der Waals surface area contributed by atoms with E-state index in [1.54, 1.807) is 12.1 Å². The summed E-state index contributed by atoms with van der Waals surface area (Å²) in [5, 5.41) is 9.56. The number of hydrogen-bond acceptors (Lipinski definition) is 2. The Hall–Kier alpha value is -2.87. The van der Waals surface area contributed by atoms with Gasteiger partial charge in [-0.1, -0.05) is 72.8 Å². The molecule has 0 fully saturated rings. The molecule has 0 spiro atoms. The quantitative estimate of drug-likeness (QED) is 0.707. The van der Waals surface area contributed by atoms with Crippen LogP contribution in [0.1, 0.15) is 16.7 Å². The first-order valence-corrected chi connectivity index (χ1v) is 7.26. The van der Waals surface area contributed by atoms with Crippen LogP contribution in [0.4, 0.5) is 0 Å². The van der Waals surface area contributed by atoms with Gasteiger partial charge in [0.25, 0.3) is 0 Å². The van der Waals surface area contributed by atoms with Crippen molar-refractivity contribution in [3.63, 3.8) is 0 Å². The molecule has 0 radical (unpaired) electrons. The van der Waals surface area contributed by atoms with E-state index in [0.717, 1.165) is 22.4 Å². The smallest absolute Gasteiger partial charge is 0.115 e. The normalized spacial score (nSPS) is 10.2. The van der Waals surface area contributed by atoms with Gasteiger partial charge in [0.1, 0.15) is 5.75 Å². The number of aromatic hydroxyl groups is 1. The van der Waals surface area contributed by atoms with Crippen LogP contribution in [0.25, 0.3) is 0 Å². The van der Waals surface area contributed by atoms with Crippen LogP contribution >= 0.6 is 0 Å². The molecule has 0 aliphatic heterocycles. The zero-order valence-corrected chi connectivity index (χ0v) is 12.2. The molecule has 0 heterocycles.